The molecule has 0 amide bonds. The van der Waals surface area contributed by atoms with Crippen LogP contribution in [0.3, 0.4) is 0 Å². The molecule has 2 aromatic rings. The molecule has 0 aliphatic rings. The molecule has 1 atom stereocenters. The summed E-state index contributed by atoms with van der Waals surface area (Å²) in [6.45, 7) is 2.80. The molecule has 2 rings (SSSR count). The van der Waals surface area contributed by atoms with E-state index in [1.54, 1.807) is 0 Å². The highest BCUT2D eigenvalue weighted by Gasteiger charge is 2.26. The lowest BCUT2D eigenvalue weighted by atomic mass is 9.88. The molecule has 0 heterocycles. The fraction of sp³-hybridized carbons (Fsp3) is 0.294. The first kappa shape index (κ1) is 13.6. The van der Waals surface area contributed by atoms with Gasteiger partial charge in [0.15, 0.2) is 0 Å². The van der Waals surface area contributed by atoms with Crippen LogP contribution in [0.25, 0.3) is 0 Å². The summed E-state index contributed by atoms with van der Waals surface area (Å²) >= 11 is 0. The zero-order valence-electron chi connectivity index (χ0n) is 11.5. The standard InChI is InChI=1S/C17H22N2/c1-2-17(14-18,13-15-9-5-3-6-10-15)19-16-11-7-4-8-12-16/h3-12,19H,2,13-14,18H2,1H3. The Hall–Kier alpha value is -1.80. The van der Waals surface area contributed by atoms with Crippen molar-refractivity contribution in [2.24, 2.45) is 5.73 Å². The average molecular weight is 254 g/mol. The van der Waals surface area contributed by atoms with Crippen molar-refractivity contribution in [3.63, 3.8) is 0 Å². The zero-order chi connectivity index (χ0) is 13.6. The molecule has 0 aliphatic carbocycles. The molecule has 0 aliphatic heterocycles. The first-order valence-corrected chi connectivity index (χ1v) is 6.85. The van der Waals surface area contributed by atoms with Crippen LogP contribution in [0, 0.1) is 0 Å². The Kier molecular flexibility index (Phi) is 4.58. The predicted octanol–water partition coefficient (Wildman–Crippen LogP) is 3.45. The second-order valence-corrected chi connectivity index (χ2v) is 4.99. The molecule has 0 bridgehead atoms. The molecule has 0 fully saturated rings. The van der Waals surface area contributed by atoms with Crippen LogP contribution < -0.4 is 11.1 Å². The lowest BCUT2D eigenvalue weighted by Crippen LogP contribution is -2.47. The summed E-state index contributed by atoms with van der Waals surface area (Å²) in [5, 5.41) is 3.62. The van der Waals surface area contributed by atoms with Gasteiger partial charge in [0.1, 0.15) is 0 Å². The second-order valence-electron chi connectivity index (χ2n) is 4.99. The number of rotatable bonds is 6. The number of nitrogens with two attached hydrogens (primary N) is 1. The van der Waals surface area contributed by atoms with Gasteiger partial charge in [0, 0.05) is 12.2 Å². The summed E-state index contributed by atoms with van der Waals surface area (Å²) in [4.78, 5) is 0. The molecular formula is C17H22N2. The molecule has 0 saturated heterocycles. The maximum absolute atomic E-state index is 6.05. The monoisotopic (exact) mass is 254 g/mol. The van der Waals surface area contributed by atoms with Crippen molar-refractivity contribution >= 4 is 5.69 Å². The third-order valence-corrected chi connectivity index (χ3v) is 3.64. The van der Waals surface area contributed by atoms with Gasteiger partial charge in [0.2, 0.25) is 0 Å². The van der Waals surface area contributed by atoms with E-state index in [4.69, 9.17) is 5.73 Å². The van der Waals surface area contributed by atoms with Gasteiger partial charge in [-0.2, -0.15) is 0 Å². The minimum absolute atomic E-state index is 0.0806. The normalized spacial score (nSPS) is 13.8. The van der Waals surface area contributed by atoms with Gasteiger partial charge in [0.25, 0.3) is 0 Å². The van der Waals surface area contributed by atoms with Crippen LogP contribution in [0.4, 0.5) is 5.69 Å². The minimum atomic E-state index is -0.0806. The highest BCUT2D eigenvalue weighted by Crippen LogP contribution is 2.22. The van der Waals surface area contributed by atoms with Gasteiger partial charge < -0.3 is 11.1 Å². The van der Waals surface area contributed by atoms with Crippen LogP contribution in [-0.2, 0) is 6.42 Å². The summed E-state index contributed by atoms with van der Waals surface area (Å²) < 4.78 is 0. The molecule has 100 valence electrons. The maximum Gasteiger partial charge on any atom is 0.0533 e. The minimum Gasteiger partial charge on any atom is -0.378 e. The van der Waals surface area contributed by atoms with E-state index in [-0.39, 0.29) is 5.54 Å². The van der Waals surface area contributed by atoms with Gasteiger partial charge in [0.05, 0.1) is 5.54 Å². The number of hydrogen-bond donors (Lipinski definition) is 2. The maximum atomic E-state index is 6.05. The zero-order valence-corrected chi connectivity index (χ0v) is 11.5. The van der Waals surface area contributed by atoms with E-state index in [0.29, 0.717) is 6.54 Å². The fourth-order valence-electron chi connectivity index (χ4n) is 2.34. The molecule has 19 heavy (non-hydrogen) atoms. The van der Waals surface area contributed by atoms with Gasteiger partial charge in [-0.1, -0.05) is 55.5 Å². The molecule has 2 aromatic carbocycles. The van der Waals surface area contributed by atoms with Gasteiger partial charge >= 0.3 is 0 Å². The summed E-state index contributed by atoms with van der Waals surface area (Å²) in [7, 11) is 0. The van der Waals surface area contributed by atoms with E-state index < -0.39 is 0 Å². The Labute approximate surface area is 115 Å². The third-order valence-electron chi connectivity index (χ3n) is 3.64. The van der Waals surface area contributed by atoms with E-state index in [1.807, 2.05) is 24.3 Å². The molecular weight excluding hydrogens is 232 g/mol. The average Bonchev–Trinajstić information content (AvgIpc) is 2.48. The molecule has 0 saturated carbocycles. The predicted molar refractivity (Wildman–Crippen MR) is 82.3 cm³/mol. The smallest absolute Gasteiger partial charge is 0.0533 e. The van der Waals surface area contributed by atoms with Crippen LogP contribution >= 0.6 is 0 Å². The lowest BCUT2D eigenvalue weighted by Gasteiger charge is -2.34. The summed E-state index contributed by atoms with van der Waals surface area (Å²) in [5.41, 5.74) is 8.42. The topological polar surface area (TPSA) is 38.0 Å². The highest BCUT2D eigenvalue weighted by molar-refractivity contribution is 5.46. The van der Waals surface area contributed by atoms with E-state index >= 15 is 0 Å². The largest absolute Gasteiger partial charge is 0.378 e. The first-order chi connectivity index (χ1) is 9.28. The molecule has 0 spiro atoms. The van der Waals surface area contributed by atoms with E-state index in [2.05, 4.69) is 48.6 Å². The molecule has 3 N–H and O–H groups in total. The second kappa shape index (κ2) is 6.39. The highest BCUT2D eigenvalue weighted by atomic mass is 15.0. The number of anilines is 1. The van der Waals surface area contributed by atoms with Crippen molar-refractivity contribution in [2.75, 3.05) is 11.9 Å². The Morgan fingerprint density at radius 3 is 2.05 bits per heavy atom. The van der Waals surface area contributed by atoms with E-state index in [9.17, 15) is 0 Å². The van der Waals surface area contributed by atoms with Crippen molar-refractivity contribution in [2.45, 2.75) is 25.3 Å². The van der Waals surface area contributed by atoms with Gasteiger partial charge in [-0.15, -0.1) is 0 Å². The number of nitrogens with one attached hydrogen (secondary N) is 1. The summed E-state index contributed by atoms with van der Waals surface area (Å²) in [6, 6.07) is 20.8. The van der Waals surface area contributed by atoms with Crippen molar-refractivity contribution in [1.82, 2.24) is 0 Å². The van der Waals surface area contributed by atoms with Crippen LogP contribution in [0.2, 0.25) is 0 Å². The molecule has 0 radical (unpaired) electrons. The van der Waals surface area contributed by atoms with Crippen LogP contribution in [0.1, 0.15) is 18.9 Å². The molecule has 2 heteroatoms. The van der Waals surface area contributed by atoms with Crippen molar-refractivity contribution in [3.05, 3.63) is 66.2 Å². The number of para-hydroxylation sites is 1. The Morgan fingerprint density at radius 2 is 1.53 bits per heavy atom. The molecule has 2 nitrogen and oxygen atoms in total. The first-order valence-electron chi connectivity index (χ1n) is 6.85. The van der Waals surface area contributed by atoms with Crippen LogP contribution in [0.15, 0.2) is 60.7 Å². The summed E-state index contributed by atoms with van der Waals surface area (Å²) in [6.07, 6.45) is 1.93. The quantitative estimate of drug-likeness (QED) is 0.828. The Morgan fingerprint density at radius 1 is 0.947 bits per heavy atom. The van der Waals surface area contributed by atoms with E-state index in [0.717, 1.165) is 18.5 Å². The van der Waals surface area contributed by atoms with Crippen molar-refractivity contribution in [3.8, 4) is 0 Å². The molecule has 1 unspecified atom stereocenters. The van der Waals surface area contributed by atoms with Crippen molar-refractivity contribution < 1.29 is 0 Å². The lowest BCUT2D eigenvalue weighted by molar-refractivity contribution is 0.457. The van der Waals surface area contributed by atoms with Crippen LogP contribution in [0.5, 0.6) is 0 Å². The van der Waals surface area contributed by atoms with E-state index in [1.165, 1.54) is 5.56 Å². The number of hydrogen-bond acceptors (Lipinski definition) is 2. The molecule has 0 aromatic heterocycles. The van der Waals surface area contributed by atoms with Crippen molar-refractivity contribution in [1.29, 1.82) is 0 Å². The Balaban J connectivity index is 2.18. The number of benzene rings is 2. The Bertz CT molecular complexity index is 432. The van der Waals surface area contributed by atoms with Gasteiger partial charge in [-0.05, 0) is 30.5 Å². The van der Waals surface area contributed by atoms with Gasteiger partial charge in [-0.3, -0.25) is 0 Å². The summed E-state index contributed by atoms with van der Waals surface area (Å²) in [5.74, 6) is 0. The SMILES string of the molecule is CCC(CN)(Cc1ccccc1)Nc1ccccc1. The third kappa shape index (κ3) is 3.58. The van der Waals surface area contributed by atoms with Crippen LogP contribution in [-0.4, -0.2) is 12.1 Å². The van der Waals surface area contributed by atoms with Gasteiger partial charge in [-0.25, -0.2) is 0 Å². The fourth-order valence-corrected chi connectivity index (χ4v) is 2.34.